The van der Waals surface area contributed by atoms with Crippen LogP contribution in [0.2, 0.25) is 0 Å². The number of benzene rings is 1. The number of carbonyl (C=O) groups excluding carboxylic acids is 1. The van der Waals surface area contributed by atoms with E-state index < -0.39 is 11.7 Å². The van der Waals surface area contributed by atoms with Crippen LogP contribution in [-0.2, 0) is 11.0 Å². The predicted molar refractivity (Wildman–Crippen MR) is 56.5 cm³/mol. The van der Waals surface area contributed by atoms with Crippen LogP contribution in [0.15, 0.2) is 24.3 Å². The molecule has 1 aliphatic heterocycles. The molecule has 1 aromatic carbocycles. The standard InChI is InChI=1S/C11H11F3N2O/c12-11(13,14)8-2-1-3-9(4-8)15-10-5-16(6-10)7-17/h1-4,7,10,15H,5-6H2. The summed E-state index contributed by atoms with van der Waals surface area (Å²) in [5, 5.41) is 2.95. The van der Waals surface area contributed by atoms with Gasteiger partial charge in [0.1, 0.15) is 0 Å². The van der Waals surface area contributed by atoms with Crippen LogP contribution >= 0.6 is 0 Å². The van der Waals surface area contributed by atoms with Crippen LogP contribution < -0.4 is 5.32 Å². The lowest BCUT2D eigenvalue weighted by Gasteiger charge is -2.37. The molecule has 0 saturated carbocycles. The second-order valence-corrected chi connectivity index (χ2v) is 3.98. The molecule has 1 amide bonds. The minimum Gasteiger partial charge on any atom is -0.379 e. The van der Waals surface area contributed by atoms with E-state index in [9.17, 15) is 18.0 Å². The Morgan fingerprint density at radius 2 is 2.06 bits per heavy atom. The smallest absolute Gasteiger partial charge is 0.379 e. The van der Waals surface area contributed by atoms with E-state index in [0.29, 0.717) is 18.8 Å². The largest absolute Gasteiger partial charge is 0.416 e. The molecule has 1 heterocycles. The van der Waals surface area contributed by atoms with Crippen LogP contribution in [0.25, 0.3) is 0 Å². The maximum Gasteiger partial charge on any atom is 0.416 e. The van der Waals surface area contributed by atoms with E-state index in [2.05, 4.69) is 5.32 Å². The Labute approximate surface area is 96.2 Å². The van der Waals surface area contributed by atoms with Gasteiger partial charge in [-0.15, -0.1) is 0 Å². The van der Waals surface area contributed by atoms with Crippen LogP contribution in [-0.4, -0.2) is 30.4 Å². The number of nitrogens with zero attached hydrogens (tertiary/aromatic N) is 1. The minimum absolute atomic E-state index is 0.0312. The molecule has 0 radical (unpaired) electrons. The SMILES string of the molecule is O=CN1CC(Nc2cccc(C(F)(F)F)c2)C1. The summed E-state index contributed by atoms with van der Waals surface area (Å²) < 4.78 is 37.3. The van der Waals surface area contributed by atoms with Crippen molar-refractivity contribution in [2.75, 3.05) is 18.4 Å². The monoisotopic (exact) mass is 244 g/mol. The van der Waals surface area contributed by atoms with Crippen molar-refractivity contribution in [3.8, 4) is 0 Å². The Balaban J connectivity index is 2.00. The third-order valence-electron chi connectivity index (χ3n) is 2.62. The Bertz CT molecular complexity index is 413. The second-order valence-electron chi connectivity index (χ2n) is 3.98. The maximum absolute atomic E-state index is 12.4. The number of nitrogens with one attached hydrogen (secondary N) is 1. The molecule has 6 heteroatoms. The number of alkyl halides is 3. The number of hydrogen-bond acceptors (Lipinski definition) is 2. The third-order valence-corrected chi connectivity index (χ3v) is 2.62. The highest BCUT2D eigenvalue weighted by Crippen LogP contribution is 2.31. The highest BCUT2D eigenvalue weighted by atomic mass is 19.4. The number of halogens is 3. The molecule has 0 bridgehead atoms. The Hall–Kier alpha value is -1.72. The number of hydrogen-bond donors (Lipinski definition) is 1. The zero-order valence-corrected chi connectivity index (χ0v) is 8.87. The van der Waals surface area contributed by atoms with Gasteiger partial charge in [0.05, 0.1) is 11.6 Å². The summed E-state index contributed by atoms with van der Waals surface area (Å²) in [6, 6.07) is 5.08. The Kier molecular flexibility index (Phi) is 2.95. The van der Waals surface area contributed by atoms with Crippen molar-refractivity contribution in [3.63, 3.8) is 0 Å². The van der Waals surface area contributed by atoms with E-state index in [0.717, 1.165) is 18.5 Å². The Morgan fingerprint density at radius 1 is 1.35 bits per heavy atom. The molecule has 0 spiro atoms. The second kappa shape index (κ2) is 4.27. The first-order valence-corrected chi connectivity index (χ1v) is 5.12. The minimum atomic E-state index is -4.33. The topological polar surface area (TPSA) is 32.3 Å². The molecule has 92 valence electrons. The average Bonchev–Trinajstić information content (AvgIpc) is 2.22. The van der Waals surface area contributed by atoms with E-state index in [1.165, 1.54) is 6.07 Å². The molecule has 1 N–H and O–H groups in total. The van der Waals surface area contributed by atoms with Crippen LogP contribution in [0, 0.1) is 0 Å². The zero-order valence-electron chi connectivity index (χ0n) is 8.87. The highest BCUT2D eigenvalue weighted by Gasteiger charge is 2.31. The van der Waals surface area contributed by atoms with Crippen LogP contribution in [0.4, 0.5) is 18.9 Å². The lowest BCUT2D eigenvalue weighted by molar-refractivity contribution is -0.137. The number of amides is 1. The number of anilines is 1. The summed E-state index contributed by atoms with van der Waals surface area (Å²) in [6.07, 6.45) is -3.60. The van der Waals surface area contributed by atoms with Gasteiger partial charge in [-0.05, 0) is 18.2 Å². The molecule has 0 aromatic heterocycles. The van der Waals surface area contributed by atoms with Gasteiger partial charge in [-0.2, -0.15) is 13.2 Å². The average molecular weight is 244 g/mol. The van der Waals surface area contributed by atoms with Gasteiger partial charge in [0.15, 0.2) is 0 Å². The van der Waals surface area contributed by atoms with Crippen LogP contribution in [0.3, 0.4) is 0 Å². The zero-order chi connectivity index (χ0) is 12.5. The molecule has 0 atom stereocenters. The molecule has 1 fully saturated rings. The predicted octanol–water partition coefficient (Wildman–Crippen LogP) is 1.96. The van der Waals surface area contributed by atoms with Crippen molar-refractivity contribution in [1.29, 1.82) is 0 Å². The van der Waals surface area contributed by atoms with Crippen molar-refractivity contribution < 1.29 is 18.0 Å². The number of rotatable bonds is 3. The molecule has 0 aliphatic carbocycles. The molecule has 1 saturated heterocycles. The summed E-state index contributed by atoms with van der Waals surface area (Å²) in [6.45, 7) is 1.06. The highest BCUT2D eigenvalue weighted by molar-refractivity contribution is 5.52. The van der Waals surface area contributed by atoms with Gasteiger partial charge < -0.3 is 10.2 Å². The normalized spacial score (nSPS) is 16.5. The molecule has 3 nitrogen and oxygen atoms in total. The van der Waals surface area contributed by atoms with Gasteiger partial charge >= 0.3 is 6.18 Å². The van der Waals surface area contributed by atoms with Crippen LogP contribution in [0.1, 0.15) is 5.56 Å². The maximum atomic E-state index is 12.4. The summed E-state index contributed by atoms with van der Waals surface area (Å²) in [5.74, 6) is 0. The molecule has 2 rings (SSSR count). The van der Waals surface area contributed by atoms with E-state index in [1.807, 2.05) is 0 Å². The van der Waals surface area contributed by atoms with E-state index in [4.69, 9.17) is 0 Å². The van der Waals surface area contributed by atoms with Crippen LogP contribution in [0.5, 0.6) is 0 Å². The number of carbonyl (C=O) groups is 1. The first-order valence-electron chi connectivity index (χ1n) is 5.12. The van der Waals surface area contributed by atoms with Gasteiger partial charge in [0, 0.05) is 18.8 Å². The molecule has 1 aliphatic rings. The van der Waals surface area contributed by atoms with Gasteiger partial charge in [0.2, 0.25) is 6.41 Å². The molecular weight excluding hydrogens is 233 g/mol. The molecular formula is C11H11F3N2O. The molecule has 1 aromatic rings. The van der Waals surface area contributed by atoms with Gasteiger partial charge in [-0.25, -0.2) is 0 Å². The van der Waals surface area contributed by atoms with Gasteiger partial charge in [-0.3, -0.25) is 4.79 Å². The summed E-state index contributed by atoms with van der Waals surface area (Å²) in [5.41, 5.74) is -0.246. The number of likely N-dealkylation sites (tertiary alicyclic amines) is 1. The van der Waals surface area contributed by atoms with Crippen molar-refractivity contribution in [1.82, 2.24) is 4.90 Å². The third kappa shape index (κ3) is 2.69. The molecule has 17 heavy (non-hydrogen) atoms. The van der Waals surface area contributed by atoms with E-state index >= 15 is 0 Å². The van der Waals surface area contributed by atoms with Gasteiger partial charge in [0.25, 0.3) is 0 Å². The van der Waals surface area contributed by atoms with Crippen molar-refractivity contribution in [3.05, 3.63) is 29.8 Å². The molecule has 0 unspecified atom stereocenters. The van der Waals surface area contributed by atoms with Crippen molar-refractivity contribution in [2.24, 2.45) is 0 Å². The lowest BCUT2D eigenvalue weighted by Crippen LogP contribution is -2.53. The van der Waals surface area contributed by atoms with Gasteiger partial charge in [-0.1, -0.05) is 6.07 Å². The quantitative estimate of drug-likeness (QED) is 0.824. The summed E-state index contributed by atoms with van der Waals surface area (Å²) >= 11 is 0. The first kappa shape index (κ1) is 11.8. The van der Waals surface area contributed by atoms with E-state index in [1.54, 1.807) is 11.0 Å². The summed E-state index contributed by atoms with van der Waals surface area (Å²) in [4.78, 5) is 11.9. The lowest BCUT2D eigenvalue weighted by atomic mass is 10.1. The fourth-order valence-corrected chi connectivity index (χ4v) is 1.71. The Morgan fingerprint density at radius 3 is 2.65 bits per heavy atom. The van der Waals surface area contributed by atoms with Crippen molar-refractivity contribution >= 4 is 12.1 Å². The van der Waals surface area contributed by atoms with Crippen molar-refractivity contribution in [2.45, 2.75) is 12.2 Å². The summed E-state index contributed by atoms with van der Waals surface area (Å²) in [7, 11) is 0. The fraction of sp³-hybridized carbons (Fsp3) is 0.364. The van der Waals surface area contributed by atoms with E-state index in [-0.39, 0.29) is 6.04 Å². The fourth-order valence-electron chi connectivity index (χ4n) is 1.71. The first-order chi connectivity index (χ1) is 7.99.